The zero-order valence-electron chi connectivity index (χ0n) is 12.8. The number of rotatable bonds is 2. The summed E-state index contributed by atoms with van der Waals surface area (Å²) in [5.74, 6) is 0. The van der Waals surface area contributed by atoms with Gasteiger partial charge in [0.15, 0.2) is 0 Å². The van der Waals surface area contributed by atoms with Gasteiger partial charge in [0, 0.05) is 8.95 Å². The molecule has 4 aromatic carbocycles. The first-order chi connectivity index (χ1) is 11.7. The van der Waals surface area contributed by atoms with E-state index in [-0.39, 0.29) is 0 Å². The lowest BCUT2D eigenvalue weighted by Gasteiger charge is -2.12. The molecule has 0 amide bonds. The van der Waals surface area contributed by atoms with Gasteiger partial charge in [-0.25, -0.2) is 0 Å². The summed E-state index contributed by atoms with van der Waals surface area (Å²) < 4.78 is 2.24. The summed E-state index contributed by atoms with van der Waals surface area (Å²) in [6.07, 6.45) is 0. The van der Waals surface area contributed by atoms with Crippen LogP contribution in [0, 0.1) is 0 Å². The fraction of sp³-hybridized carbons (Fsp3) is 0. The summed E-state index contributed by atoms with van der Waals surface area (Å²) in [5.41, 5.74) is 4.86. The van der Waals surface area contributed by atoms with Crippen LogP contribution in [0.5, 0.6) is 0 Å². The first-order valence-electron chi connectivity index (χ1n) is 7.76. The Morgan fingerprint density at radius 3 is 1.79 bits per heavy atom. The van der Waals surface area contributed by atoms with Crippen LogP contribution in [-0.4, -0.2) is 0 Å². The van der Waals surface area contributed by atoms with Crippen LogP contribution < -0.4 is 0 Å². The lowest BCUT2D eigenvalue weighted by Crippen LogP contribution is -1.86. The largest absolute Gasteiger partial charge is 0.0622 e. The monoisotopic (exact) mass is 436 g/mol. The topological polar surface area (TPSA) is 0 Å². The number of halogens is 2. The molecule has 4 aromatic rings. The Hall–Kier alpha value is -1.90. The van der Waals surface area contributed by atoms with Crippen molar-refractivity contribution in [2.75, 3.05) is 0 Å². The van der Waals surface area contributed by atoms with Crippen molar-refractivity contribution < 1.29 is 0 Å². The SMILES string of the molecule is Brc1cc(-c2ccccc2)c(Br)c2ccc(-c3ccccc3)cc12. The number of hydrogen-bond donors (Lipinski definition) is 0. The van der Waals surface area contributed by atoms with Crippen LogP contribution in [-0.2, 0) is 0 Å². The summed E-state index contributed by atoms with van der Waals surface area (Å²) in [4.78, 5) is 0. The zero-order chi connectivity index (χ0) is 16.5. The van der Waals surface area contributed by atoms with Gasteiger partial charge in [-0.1, -0.05) is 88.7 Å². The zero-order valence-corrected chi connectivity index (χ0v) is 16.0. The maximum Gasteiger partial charge on any atom is 0.0332 e. The van der Waals surface area contributed by atoms with Crippen molar-refractivity contribution in [1.82, 2.24) is 0 Å². The highest BCUT2D eigenvalue weighted by Crippen LogP contribution is 2.40. The fourth-order valence-electron chi connectivity index (χ4n) is 2.98. The summed E-state index contributed by atoms with van der Waals surface area (Å²) >= 11 is 7.58. The maximum atomic E-state index is 3.81. The Morgan fingerprint density at radius 1 is 0.500 bits per heavy atom. The van der Waals surface area contributed by atoms with Gasteiger partial charge in [-0.15, -0.1) is 0 Å². The van der Waals surface area contributed by atoms with Gasteiger partial charge >= 0.3 is 0 Å². The van der Waals surface area contributed by atoms with Crippen LogP contribution in [0.2, 0.25) is 0 Å². The third kappa shape index (κ3) is 2.81. The Morgan fingerprint density at radius 2 is 1.12 bits per heavy atom. The van der Waals surface area contributed by atoms with Crippen LogP contribution in [0.15, 0.2) is 93.9 Å². The van der Waals surface area contributed by atoms with Gasteiger partial charge in [-0.2, -0.15) is 0 Å². The summed E-state index contributed by atoms with van der Waals surface area (Å²) in [5, 5.41) is 2.42. The second-order valence-electron chi connectivity index (χ2n) is 5.71. The molecule has 0 spiro atoms. The van der Waals surface area contributed by atoms with Crippen molar-refractivity contribution in [2.45, 2.75) is 0 Å². The predicted octanol–water partition coefficient (Wildman–Crippen LogP) is 7.70. The van der Waals surface area contributed by atoms with Crippen molar-refractivity contribution in [1.29, 1.82) is 0 Å². The molecule has 0 saturated heterocycles. The van der Waals surface area contributed by atoms with Gasteiger partial charge in [0.05, 0.1) is 0 Å². The van der Waals surface area contributed by atoms with Gasteiger partial charge in [0.1, 0.15) is 0 Å². The van der Waals surface area contributed by atoms with Crippen LogP contribution in [0.3, 0.4) is 0 Å². The lowest BCUT2D eigenvalue weighted by atomic mass is 9.98. The molecule has 0 aromatic heterocycles. The molecular formula is C22H14Br2. The van der Waals surface area contributed by atoms with Gasteiger partial charge in [0.25, 0.3) is 0 Å². The molecule has 0 radical (unpaired) electrons. The van der Waals surface area contributed by atoms with Gasteiger partial charge in [-0.05, 0) is 61.1 Å². The minimum Gasteiger partial charge on any atom is -0.0622 e. The van der Waals surface area contributed by atoms with Crippen molar-refractivity contribution in [3.8, 4) is 22.3 Å². The molecule has 0 atom stereocenters. The van der Waals surface area contributed by atoms with Gasteiger partial charge in [-0.3, -0.25) is 0 Å². The Bertz CT molecular complexity index is 1010. The first-order valence-corrected chi connectivity index (χ1v) is 9.35. The highest BCUT2D eigenvalue weighted by Gasteiger charge is 2.11. The molecule has 116 valence electrons. The van der Waals surface area contributed by atoms with Crippen molar-refractivity contribution in [3.63, 3.8) is 0 Å². The van der Waals surface area contributed by atoms with E-state index in [4.69, 9.17) is 0 Å². The summed E-state index contributed by atoms with van der Waals surface area (Å²) in [6.45, 7) is 0. The molecule has 0 N–H and O–H groups in total. The Kier molecular flexibility index (Phi) is 4.26. The molecule has 0 saturated carbocycles. The standard InChI is InChI=1S/C22H14Br2/c23-21-14-19(16-9-5-2-6-10-16)22(24)18-12-11-17(13-20(18)21)15-7-3-1-4-8-15/h1-14H. The molecule has 24 heavy (non-hydrogen) atoms. The van der Waals surface area contributed by atoms with Crippen molar-refractivity contribution >= 4 is 42.6 Å². The van der Waals surface area contributed by atoms with Crippen LogP contribution in [0.1, 0.15) is 0 Å². The normalized spacial score (nSPS) is 10.9. The highest BCUT2D eigenvalue weighted by atomic mass is 79.9. The van der Waals surface area contributed by atoms with E-state index >= 15 is 0 Å². The molecule has 4 rings (SSSR count). The van der Waals surface area contributed by atoms with Crippen LogP contribution in [0.4, 0.5) is 0 Å². The smallest absolute Gasteiger partial charge is 0.0332 e. The molecule has 0 aliphatic carbocycles. The third-order valence-electron chi connectivity index (χ3n) is 4.21. The Balaban J connectivity index is 1.93. The minimum atomic E-state index is 1.11. The molecule has 0 aliphatic heterocycles. The average Bonchev–Trinajstić information content (AvgIpc) is 2.66. The molecule has 2 heteroatoms. The van der Waals surface area contributed by atoms with E-state index in [1.165, 1.54) is 33.0 Å². The maximum absolute atomic E-state index is 3.81. The molecule has 0 unspecified atom stereocenters. The summed E-state index contributed by atoms with van der Waals surface area (Å²) in [6, 6.07) is 29.7. The predicted molar refractivity (Wildman–Crippen MR) is 110 cm³/mol. The van der Waals surface area contributed by atoms with E-state index in [0.717, 1.165) is 8.95 Å². The Labute approximate surface area is 158 Å². The average molecular weight is 438 g/mol. The molecule has 0 nitrogen and oxygen atoms in total. The van der Waals surface area contributed by atoms with Crippen molar-refractivity contribution in [3.05, 3.63) is 93.9 Å². The molecule has 0 heterocycles. The molecule has 0 bridgehead atoms. The molecule has 0 aliphatic rings. The quantitative estimate of drug-likeness (QED) is 0.301. The number of hydrogen-bond acceptors (Lipinski definition) is 0. The molecule has 0 fully saturated rings. The lowest BCUT2D eigenvalue weighted by molar-refractivity contribution is 1.59. The van der Waals surface area contributed by atoms with E-state index in [1.54, 1.807) is 0 Å². The number of fused-ring (bicyclic) bond motifs is 1. The van der Waals surface area contributed by atoms with E-state index in [9.17, 15) is 0 Å². The van der Waals surface area contributed by atoms with Crippen LogP contribution >= 0.6 is 31.9 Å². The fourth-order valence-corrected chi connectivity index (χ4v) is 4.23. The number of benzene rings is 4. The van der Waals surface area contributed by atoms with Crippen molar-refractivity contribution in [2.24, 2.45) is 0 Å². The third-order valence-corrected chi connectivity index (χ3v) is 5.72. The second kappa shape index (κ2) is 6.54. The van der Waals surface area contributed by atoms with E-state index in [2.05, 4.69) is 105 Å². The second-order valence-corrected chi connectivity index (χ2v) is 7.36. The van der Waals surface area contributed by atoms with Gasteiger partial charge < -0.3 is 0 Å². The van der Waals surface area contributed by atoms with Crippen LogP contribution in [0.25, 0.3) is 33.0 Å². The van der Waals surface area contributed by atoms with E-state index < -0.39 is 0 Å². The van der Waals surface area contributed by atoms with Gasteiger partial charge in [0.2, 0.25) is 0 Å². The highest BCUT2D eigenvalue weighted by molar-refractivity contribution is 9.11. The molecular weight excluding hydrogens is 424 g/mol. The minimum absolute atomic E-state index is 1.11. The first kappa shape index (κ1) is 15.6. The van der Waals surface area contributed by atoms with E-state index in [1.807, 2.05) is 12.1 Å². The summed E-state index contributed by atoms with van der Waals surface area (Å²) in [7, 11) is 0. The van der Waals surface area contributed by atoms with E-state index in [0.29, 0.717) is 0 Å².